The molecule has 2 aromatic carbocycles. The van der Waals surface area contributed by atoms with Crippen LogP contribution in [0.2, 0.25) is 0 Å². The maximum absolute atomic E-state index is 12.4. The summed E-state index contributed by atoms with van der Waals surface area (Å²) in [6.07, 6.45) is 0. The second kappa shape index (κ2) is 7.19. The Bertz CT molecular complexity index is 1210. The maximum atomic E-state index is 12.4. The molecule has 0 saturated carbocycles. The summed E-state index contributed by atoms with van der Waals surface area (Å²) in [7, 11) is 1.36. The van der Waals surface area contributed by atoms with Gasteiger partial charge in [-0.05, 0) is 42.8 Å². The molecule has 2 aliphatic rings. The second-order valence-corrected chi connectivity index (χ2v) is 6.41. The molecule has 140 valence electrons. The first-order valence-electron chi connectivity index (χ1n) is 9.04. The fourth-order valence-electron chi connectivity index (χ4n) is 3.46. The summed E-state index contributed by atoms with van der Waals surface area (Å²) in [6, 6.07) is 17.8. The summed E-state index contributed by atoms with van der Waals surface area (Å²) in [5.41, 5.74) is 4.20. The Morgan fingerprint density at radius 1 is 1.04 bits per heavy atom. The molecule has 0 aromatic heterocycles. The lowest BCUT2D eigenvalue weighted by atomic mass is 9.91. The van der Waals surface area contributed by atoms with Gasteiger partial charge in [-0.25, -0.2) is 4.79 Å². The second-order valence-electron chi connectivity index (χ2n) is 6.41. The van der Waals surface area contributed by atoms with E-state index in [0.29, 0.717) is 16.9 Å². The molecule has 0 fully saturated rings. The lowest BCUT2D eigenvalue weighted by Gasteiger charge is -2.17. The highest BCUT2D eigenvalue weighted by Crippen LogP contribution is 2.41. The van der Waals surface area contributed by atoms with Crippen LogP contribution in [0.25, 0.3) is 33.4 Å². The van der Waals surface area contributed by atoms with Crippen LogP contribution in [0.1, 0.15) is 17.3 Å². The number of ether oxygens (including phenoxy) is 1. The number of benzene rings is 3. The van der Waals surface area contributed by atoms with Crippen LogP contribution in [0.5, 0.6) is 0 Å². The van der Waals surface area contributed by atoms with Crippen molar-refractivity contribution in [3.05, 3.63) is 76.5 Å². The van der Waals surface area contributed by atoms with Crippen LogP contribution in [0.4, 0.5) is 5.69 Å². The highest BCUT2D eigenvalue weighted by atomic mass is 16.5. The number of esters is 1. The molecule has 5 nitrogen and oxygen atoms in total. The number of methoxy groups -OCH3 is 1. The third-order valence-corrected chi connectivity index (χ3v) is 4.68. The molecule has 1 aliphatic heterocycles. The maximum Gasteiger partial charge on any atom is 0.338 e. The average molecular weight is 373 g/mol. The quantitative estimate of drug-likeness (QED) is 0.412. The molecule has 0 atom stereocenters. The lowest BCUT2D eigenvalue weighted by Crippen LogP contribution is -2.05. The molecule has 0 spiro atoms. The molecule has 1 N–H and O–H groups in total. The van der Waals surface area contributed by atoms with Crippen molar-refractivity contribution in [1.29, 1.82) is 0 Å². The normalized spacial score (nSPS) is 10.9. The third-order valence-electron chi connectivity index (χ3n) is 4.68. The highest BCUT2D eigenvalue weighted by Gasteiger charge is 2.21. The van der Waals surface area contributed by atoms with Crippen LogP contribution in [-0.2, 0) is 4.74 Å². The topological polar surface area (TPSA) is 68.5 Å². The van der Waals surface area contributed by atoms with Crippen LogP contribution in [-0.4, -0.2) is 19.6 Å². The van der Waals surface area contributed by atoms with Gasteiger partial charge < -0.3 is 14.5 Å². The van der Waals surface area contributed by atoms with Gasteiger partial charge in [-0.1, -0.05) is 18.2 Å². The van der Waals surface area contributed by atoms with Crippen LogP contribution < -0.4 is 10.7 Å². The van der Waals surface area contributed by atoms with Gasteiger partial charge in [0.2, 0.25) is 0 Å². The van der Waals surface area contributed by atoms with Crippen molar-refractivity contribution < 1.29 is 13.9 Å². The Morgan fingerprint density at radius 2 is 1.86 bits per heavy atom. The zero-order valence-corrected chi connectivity index (χ0v) is 15.6. The molecule has 0 unspecified atom stereocenters. The van der Waals surface area contributed by atoms with Crippen molar-refractivity contribution >= 4 is 22.6 Å². The van der Waals surface area contributed by atoms with Crippen LogP contribution in [0.3, 0.4) is 0 Å². The number of nitrogens with one attached hydrogen (secondary N) is 1. The molecule has 0 saturated heterocycles. The number of hydrogen-bond donors (Lipinski definition) is 1. The Hall–Kier alpha value is -3.60. The molecule has 1 aliphatic carbocycles. The van der Waals surface area contributed by atoms with Gasteiger partial charge in [0.1, 0.15) is 11.3 Å². The first kappa shape index (κ1) is 17.8. The Morgan fingerprint density at radius 3 is 2.64 bits per heavy atom. The van der Waals surface area contributed by atoms with Crippen molar-refractivity contribution in [3.63, 3.8) is 0 Å². The van der Waals surface area contributed by atoms with E-state index in [1.54, 1.807) is 18.2 Å². The zero-order valence-electron chi connectivity index (χ0n) is 15.6. The van der Waals surface area contributed by atoms with Gasteiger partial charge in [0, 0.05) is 40.9 Å². The van der Waals surface area contributed by atoms with E-state index in [1.807, 2.05) is 37.3 Å². The van der Waals surface area contributed by atoms with Crippen molar-refractivity contribution in [2.75, 3.05) is 19.0 Å². The van der Waals surface area contributed by atoms with Gasteiger partial charge in [-0.3, -0.25) is 4.79 Å². The first-order chi connectivity index (χ1) is 13.6. The Labute approximate surface area is 161 Å². The van der Waals surface area contributed by atoms with Crippen LogP contribution >= 0.6 is 0 Å². The number of fused-ring (bicyclic) bond motifs is 2. The van der Waals surface area contributed by atoms with Crippen molar-refractivity contribution in [2.24, 2.45) is 0 Å². The standard InChI is InChI=1S/C23H19NO4/c1-3-24-14-8-10-18-20(12-14)28-21-13-15(25)9-11-19(21)22(18)16-6-4-5-7-17(16)23(26)27-2/h4-13,24H,3H2,1-2H3. The van der Waals surface area contributed by atoms with E-state index >= 15 is 0 Å². The number of carbonyl (C=O) groups excluding carboxylic acids is 1. The molecule has 0 amide bonds. The fraction of sp³-hybridized carbons (Fsp3) is 0.130. The minimum atomic E-state index is -0.414. The minimum Gasteiger partial charge on any atom is -0.465 e. The summed E-state index contributed by atoms with van der Waals surface area (Å²) >= 11 is 0. The van der Waals surface area contributed by atoms with Gasteiger partial charge in [-0.15, -0.1) is 0 Å². The summed E-state index contributed by atoms with van der Waals surface area (Å²) < 4.78 is 11.0. The van der Waals surface area contributed by atoms with E-state index in [4.69, 9.17) is 9.15 Å². The fourth-order valence-corrected chi connectivity index (χ4v) is 3.46. The third kappa shape index (κ3) is 3.01. The average Bonchev–Trinajstić information content (AvgIpc) is 2.71. The van der Waals surface area contributed by atoms with E-state index in [1.165, 1.54) is 19.2 Å². The molecule has 5 heteroatoms. The molecular formula is C23H19NO4. The largest absolute Gasteiger partial charge is 0.465 e. The van der Waals surface area contributed by atoms with Gasteiger partial charge in [0.05, 0.1) is 12.7 Å². The van der Waals surface area contributed by atoms with Crippen LogP contribution in [0.15, 0.2) is 69.9 Å². The molecule has 4 rings (SSSR count). The SMILES string of the molecule is CCNc1ccc2c(-c3ccccc3C(=O)OC)c3ccc(=O)cc-3oc2c1. The molecule has 1 heterocycles. The number of anilines is 1. The predicted octanol–water partition coefficient (Wildman–Crippen LogP) is 4.78. The Kier molecular flexibility index (Phi) is 4.57. The van der Waals surface area contributed by atoms with Crippen molar-refractivity contribution in [1.82, 2.24) is 0 Å². The van der Waals surface area contributed by atoms with Gasteiger partial charge in [0.15, 0.2) is 5.43 Å². The molecule has 0 bridgehead atoms. The van der Waals surface area contributed by atoms with E-state index in [-0.39, 0.29) is 5.43 Å². The molecular weight excluding hydrogens is 354 g/mol. The first-order valence-corrected chi connectivity index (χ1v) is 9.04. The predicted molar refractivity (Wildman–Crippen MR) is 110 cm³/mol. The Balaban J connectivity index is 2.12. The monoisotopic (exact) mass is 373 g/mol. The lowest BCUT2D eigenvalue weighted by molar-refractivity contribution is 0.0601. The summed E-state index contributed by atoms with van der Waals surface area (Å²) in [6.45, 7) is 2.80. The molecule has 28 heavy (non-hydrogen) atoms. The van der Waals surface area contributed by atoms with Crippen molar-refractivity contribution in [3.8, 4) is 22.5 Å². The summed E-state index contributed by atoms with van der Waals surface area (Å²) in [4.78, 5) is 24.3. The summed E-state index contributed by atoms with van der Waals surface area (Å²) in [5.74, 6) is 0.0609. The minimum absolute atomic E-state index is 0.134. The zero-order chi connectivity index (χ0) is 19.7. The van der Waals surface area contributed by atoms with Crippen molar-refractivity contribution in [2.45, 2.75) is 6.92 Å². The van der Waals surface area contributed by atoms with E-state index in [2.05, 4.69) is 5.32 Å². The summed E-state index contributed by atoms with van der Waals surface area (Å²) in [5, 5.41) is 4.11. The highest BCUT2D eigenvalue weighted by molar-refractivity contribution is 6.08. The number of rotatable bonds is 4. The molecule has 0 radical (unpaired) electrons. The number of carbonyl (C=O) groups is 1. The van der Waals surface area contributed by atoms with E-state index in [0.717, 1.165) is 34.3 Å². The van der Waals surface area contributed by atoms with Gasteiger partial charge in [-0.2, -0.15) is 0 Å². The smallest absolute Gasteiger partial charge is 0.338 e. The van der Waals surface area contributed by atoms with E-state index in [9.17, 15) is 9.59 Å². The van der Waals surface area contributed by atoms with Gasteiger partial charge >= 0.3 is 5.97 Å². The molecule has 2 aromatic rings. The van der Waals surface area contributed by atoms with E-state index < -0.39 is 5.97 Å². The van der Waals surface area contributed by atoms with Gasteiger partial charge in [0.25, 0.3) is 0 Å². The number of hydrogen-bond acceptors (Lipinski definition) is 5. The van der Waals surface area contributed by atoms with Crippen LogP contribution in [0, 0.1) is 0 Å².